The third-order valence-corrected chi connectivity index (χ3v) is 4.24. The maximum absolute atomic E-state index is 9.99. The number of rotatable bonds is 5. The molecule has 0 aromatic rings. The third-order valence-electron chi connectivity index (χ3n) is 4.24. The number of aliphatic hydroxyl groups is 1. The van der Waals surface area contributed by atoms with Gasteiger partial charge in [0, 0.05) is 25.1 Å². The number of aliphatic hydroxyl groups excluding tert-OH is 1. The smallest absolute Gasteiger partial charge is 0.0715 e. The van der Waals surface area contributed by atoms with Crippen molar-refractivity contribution in [3.63, 3.8) is 0 Å². The average molecular weight is 227 g/mol. The summed E-state index contributed by atoms with van der Waals surface area (Å²) < 4.78 is 5.30. The number of hydrogen-bond acceptors (Lipinski definition) is 3. The molecule has 3 nitrogen and oxygen atoms in total. The van der Waals surface area contributed by atoms with Gasteiger partial charge in [-0.3, -0.25) is 0 Å². The molecule has 2 N–H and O–H groups in total. The second-order valence-corrected chi connectivity index (χ2v) is 5.38. The largest absolute Gasteiger partial charge is 0.391 e. The molecule has 94 valence electrons. The fraction of sp³-hybridized carbons (Fsp3) is 1.00. The summed E-state index contributed by atoms with van der Waals surface area (Å²) in [5, 5.41) is 13.5. The zero-order valence-electron chi connectivity index (χ0n) is 10.3. The lowest BCUT2D eigenvalue weighted by Crippen LogP contribution is -2.38. The standard InChI is InChI=1S/C13H25NO2/c1-2-10-3-4-12(7-10)14-8-13(15)11-5-6-16-9-11/h10-15H,2-9H2,1H3. The van der Waals surface area contributed by atoms with Crippen molar-refractivity contribution in [3.8, 4) is 0 Å². The fourth-order valence-electron chi connectivity index (χ4n) is 2.94. The van der Waals surface area contributed by atoms with E-state index in [0.717, 1.165) is 32.1 Å². The Morgan fingerprint density at radius 2 is 2.25 bits per heavy atom. The molecule has 1 aliphatic heterocycles. The summed E-state index contributed by atoms with van der Waals surface area (Å²) in [6.45, 7) is 4.58. The number of hydrogen-bond donors (Lipinski definition) is 2. The van der Waals surface area contributed by atoms with Crippen LogP contribution < -0.4 is 5.32 Å². The second kappa shape index (κ2) is 5.99. The van der Waals surface area contributed by atoms with E-state index in [1.54, 1.807) is 0 Å². The molecule has 0 amide bonds. The van der Waals surface area contributed by atoms with Crippen LogP contribution in [-0.2, 0) is 4.74 Å². The van der Waals surface area contributed by atoms with E-state index in [-0.39, 0.29) is 6.10 Å². The number of nitrogens with one attached hydrogen (secondary N) is 1. The van der Waals surface area contributed by atoms with Crippen molar-refractivity contribution in [2.75, 3.05) is 19.8 Å². The van der Waals surface area contributed by atoms with Crippen molar-refractivity contribution >= 4 is 0 Å². The number of ether oxygens (including phenoxy) is 1. The summed E-state index contributed by atoms with van der Waals surface area (Å²) in [7, 11) is 0. The molecule has 0 aromatic carbocycles. The molecule has 2 aliphatic rings. The molecular weight excluding hydrogens is 202 g/mol. The van der Waals surface area contributed by atoms with Gasteiger partial charge in [0.05, 0.1) is 12.7 Å². The zero-order chi connectivity index (χ0) is 11.4. The molecule has 1 saturated carbocycles. The highest BCUT2D eigenvalue weighted by atomic mass is 16.5. The Morgan fingerprint density at radius 1 is 1.38 bits per heavy atom. The predicted molar refractivity (Wildman–Crippen MR) is 64.4 cm³/mol. The average Bonchev–Trinajstić information content (AvgIpc) is 2.96. The first-order chi connectivity index (χ1) is 7.79. The molecule has 2 fully saturated rings. The molecule has 1 aliphatic carbocycles. The first-order valence-electron chi connectivity index (χ1n) is 6.78. The summed E-state index contributed by atoms with van der Waals surface area (Å²) in [5.41, 5.74) is 0. The van der Waals surface area contributed by atoms with Crippen molar-refractivity contribution < 1.29 is 9.84 Å². The van der Waals surface area contributed by atoms with Gasteiger partial charge in [-0.2, -0.15) is 0 Å². The van der Waals surface area contributed by atoms with Gasteiger partial charge in [-0.15, -0.1) is 0 Å². The molecule has 0 aromatic heterocycles. The zero-order valence-corrected chi connectivity index (χ0v) is 10.3. The SMILES string of the molecule is CCC1CCC(NCC(O)C2CCOC2)C1. The summed E-state index contributed by atoms with van der Waals surface area (Å²) in [6.07, 6.45) is 6.04. The Labute approximate surface area is 98.6 Å². The van der Waals surface area contributed by atoms with Gasteiger partial charge < -0.3 is 15.2 Å². The maximum atomic E-state index is 9.99. The van der Waals surface area contributed by atoms with E-state index in [0.29, 0.717) is 12.0 Å². The molecule has 2 rings (SSSR count). The van der Waals surface area contributed by atoms with Crippen LogP contribution in [0, 0.1) is 11.8 Å². The third kappa shape index (κ3) is 3.19. The lowest BCUT2D eigenvalue weighted by atomic mass is 10.0. The molecular formula is C13H25NO2. The topological polar surface area (TPSA) is 41.5 Å². The minimum absolute atomic E-state index is 0.219. The van der Waals surface area contributed by atoms with Crippen molar-refractivity contribution in [2.45, 2.75) is 51.2 Å². The van der Waals surface area contributed by atoms with Gasteiger partial charge in [-0.05, 0) is 31.6 Å². The minimum atomic E-state index is -0.219. The van der Waals surface area contributed by atoms with Gasteiger partial charge in [-0.1, -0.05) is 13.3 Å². The summed E-state index contributed by atoms with van der Waals surface area (Å²) in [4.78, 5) is 0. The van der Waals surface area contributed by atoms with E-state index in [1.807, 2.05) is 0 Å². The molecule has 3 heteroatoms. The van der Waals surface area contributed by atoms with Gasteiger partial charge >= 0.3 is 0 Å². The molecule has 1 heterocycles. The summed E-state index contributed by atoms with van der Waals surface area (Å²) in [6, 6.07) is 0.641. The van der Waals surface area contributed by atoms with Crippen LogP contribution in [0.4, 0.5) is 0 Å². The van der Waals surface area contributed by atoms with Crippen LogP contribution in [0.3, 0.4) is 0 Å². The quantitative estimate of drug-likeness (QED) is 0.749. The Morgan fingerprint density at radius 3 is 2.88 bits per heavy atom. The van der Waals surface area contributed by atoms with Crippen molar-refractivity contribution in [3.05, 3.63) is 0 Å². The van der Waals surface area contributed by atoms with E-state index < -0.39 is 0 Å². The highest BCUT2D eigenvalue weighted by molar-refractivity contribution is 4.82. The Balaban J connectivity index is 1.63. The molecule has 4 atom stereocenters. The van der Waals surface area contributed by atoms with E-state index in [1.165, 1.54) is 25.7 Å². The van der Waals surface area contributed by atoms with Gasteiger partial charge in [0.1, 0.15) is 0 Å². The molecule has 16 heavy (non-hydrogen) atoms. The van der Waals surface area contributed by atoms with E-state index in [9.17, 15) is 5.11 Å². The van der Waals surface area contributed by atoms with Crippen LogP contribution >= 0.6 is 0 Å². The lowest BCUT2D eigenvalue weighted by Gasteiger charge is -2.20. The predicted octanol–water partition coefficient (Wildman–Crippen LogP) is 1.55. The Kier molecular flexibility index (Phi) is 4.62. The van der Waals surface area contributed by atoms with E-state index >= 15 is 0 Å². The van der Waals surface area contributed by atoms with Crippen LogP contribution in [0.15, 0.2) is 0 Å². The van der Waals surface area contributed by atoms with Crippen LogP contribution in [-0.4, -0.2) is 37.0 Å². The second-order valence-electron chi connectivity index (χ2n) is 5.38. The first-order valence-corrected chi connectivity index (χ1v) is 6.78. The molecule has 4 unspecified atom stereocenters. The normalized spacial score (nSPS) is 36.8. The highest BCUT2D eigenvalue weighted by Gasteiger charge is 2.27. The van der Waals surface area contributed by atoms with Crippen molar-refractivity contribution in [2.24, 2.45) is 11.8 Å². The molecule has 0 radical (unpaired) electrons. The van der Waals surface area contributed by atoms with E-state index in [2.05, 4.69) is 12.2 Å². The molecule has 0 spiro atoms. The van der Waals surface area contributed by atoms with Crippen LogP contribution in [0.1, 0.15) is 39.0 Å². The lowest BCUT2D eigenvalue weighted by molar-refractivity contribution is 0.0884. The van der Waals surface area contributed by atoms with Crippen molar-refractivity contribution in [1.29, 1.82) is 0 Å². The first kappa shape index (κ1) is 12.3. The van der Waals surface area contributed by atoms with Crippen LogP contribution in [0.5, 0.6) is 0 Å². The Bertz CT molecular complexity index is 204. The van der Waals surface area contributed by atoms with Crippen molar-refractivity contribution in [1.82, 2.24) is 5.32 Å². The van der Waals surface area contributed by atoms with Crippen LogP contribution in [0.25, 0.3) is 0 Å². The summed E-state index contributed by atoms with van der Waals surface area (Å²) in [5.74, 6) is 1.26. The minimum Gasteiger partial charge on any atom is -0.391 e. The summed E-state index contributed by atoms with van der Waals surface area (Å²) >= 11 is 0. The van der Waals surface area contributed by atoms with Gasteiger partial charge in [-0.25, -0.2) is 0 Å². The molecule has 1 saturated heterocycles. The molecule has 0 bridgehead atoms. The van der Waals surface area contributed by atoms with Gasteiger partial charge in [0.15, 0.2) is 0 Å². The monoisotopic (exact) mass is 227 g/mol. The fourth-order valence-corrected chi connectivity index (χ4v) is 2.94. The maximum Gasteiger partial charge on any atom is 0.0715 e. The van der Waals surface area contributed by atoms with E-state index in [4.69, 9.17) is 4.74 Å². The van der Waals surface area contributed by atoms with Crippen LogP contribution in [0.2, 0.25) is 0 Å². The van der Waals surface area contributed by atoms with Gasteiger partial charge in [0.2, 0.25) is 0 Å². The van der Waals surface area contributed by atoms with Gasteiger partial charge in [0.25, 0.3) is 0 Å². The Hall–Kier alpha value is -0.120. The highest BCUT2D eigenvalue weighted by Crippen LogP contribution is 2.28.